The van der Waals surface area contributed by atoms with E-state index in [-0.39, 0.29) is 16.2 Å². The summed E-state index contributed by atoms with van der Waals surface area (Å²) in [6.07, 6.45) is 1.14. The maximum absolute atomic E-state index is 12.1. The summed E-state index contributed by atoms with van der Waals surface area (Å²) in [5, 5.41) is 18.4. The number of halogens is 1. The van der Waals surface area contributed by atoms with Gasteiger partial charge in [-0.05, 0) is 32.1 Å². The summed E-state index contributed by atoms with van der Waals surface area (Å²) in [7, 11) is 0. The molecule has 0 N–H and O–H groups in total. The third-order valence-electron chi connectivity index (χ3n) is 3.52. The lowest BCUT2D eigenvalue weighted by Crippen LogP contribution is -2.21. The van der Waals surface area contributed by atoms with Crippen LogP contribution in [0.5, 0.6) is 0 Å². The maximum Gasteiger partial charge on any atom is 0.345 e. The molecule has 116 valence electrons. The third-order valence-corrected chi connectivity index (χ3v) is 3.93. The van der Waals surface area contributed by atoms with Crippen molar-refractivity contribution in [3.8, 4) is 12.1 Å². The fraction of sp³-hybridized carbons (Fsp3) is 0.235. The average Bonchev–Trinajstić information content (AvgIpc) is 2.56. The van der Waals surface area contributed by atoms with Gasteiger partial charge in [-0.3, -0.25) is 0 Å². The first-order chi connectivity index (χ1) is 11.0. The molecule has 1 heterocycles. The Morgan fingerprint density at radius 2 is 1.96 bits per heavy atom. The molecule has 0 amide bonds. The molecule has 2 aromatic rings. The Morgan fingerprint density at radius 3 is 2.52 bits per heavy atom. The second-order valence-electron chi connectivity index (χ2n) is 4.75. The van der Waals surface area contributed by atoms with Crippen LogP contribution >= 0.6 is 11.6 Å². The van der Waals surface area contributed by atoms with Crippen molar-refractivity contribution in [3.05, 3.63) is 44.8 Å². The molecule has 6 heteroatoms. The second kappa shape index (κ2) is 7.00. The summed E-state index contributed by atoms with van der Waals surface area (Å²) in [5.41, 5.74) is 0.421. The van der Waals surface area contributed by atoms with Gasteiger partial charge in [0.05, 0.1) is 10.6 Å². The van der Waals surface area contributed by atoms with Crippen LogP contribution in [-0.2, 0) is 0 Å². The van der Waals surface area contributed by atoms with Gasteiger partial charge in [-0.25, -0.2) is 4.79 Å². The summed E-state index contributed by atoms with van der Waals surface area (Å²) in [4.78, 5) is 14.2. The van der Waals surface area contributed by atoms with Gasteiger partial charge in [-0.2, -0.15) is 10.5 Å². The van der Waals surface area contributed by atoms with Gasteiger partial charge < -0.3 is 9.32 Å². The molecular formula is C17H14ClN3O2. The quantitative estimate of drug-likeness (QED) is 0.631. The van der Waals surface area contributed by atoms with Gasteiger partial charge in [0.15, 0.2) is 0 Å². The van der Waals surface area contributed by atoms with E-state index < -0.39 is 5.63 Å². The van der Waals surface area contributed by atoms with Crippen molar-refractivity contribution >= 4 is 34.3 Å². The summed E-state index contributed by atoms with van der Waals surface area (Å²) in [6, 6.07) is 8.82. The van der Waals surface area contributed by atoms with Crippen molar-refractivity contribution in [2.75, 3.05) is 18.0 Å². The van der Waals surface area contributed by atoms with E-state index in [1.165, 1.54) is 0 Å². The van der Waals surface area contributed by atoms with Crippen molar-refractivity contribution in [2.24, 2.45) is 0 Å². The highest BCUT2D eigenvalue weighted by atomic mass is 35.5. The highest BCUT2D eigenvalue weighted by Gasteiger charge is 2.14. The van der Waals surface area contributed by atoms with Gasteiger partial charge in [-0.1, -0.05) is 11.6 Å². The summed E-state index contributed by atoms with van der Waals surface area (Å²) in [5.74, 6) is 0. The number of nitriles is 2. The largest absolute Gasteiger partial charge is 0.422 e. The fourth-order valence-corrected chi connectivity index (χ4v) is 2.60. The molecule has 0 radical (unpaired) electrons. The molecule has 0 spiro atoms. The van der Waals surface area contributed by atoms with E-state index in [1.807, 2.05) is 19.9 Å². The molecule has 0 unspecified atom stereocenters. The van der Waals surface area contributed by atoms with E-state index in [1.54, 1.807) is 24.3 Å². The first kappa shape index (κ1) is 16.6. The van der Waals surface area contributed by atoms with E-state index in [0.29, 0.717) is 11.0 Å². The van der Waals surface area contributed by atoms with Crippen LogP contribution in [0, 0.1) is 22.7 Å². The zero-order valence-electron chi connectivity index (χ0n) is 12.8. The number of fused-ring (bicyclic) bond motifs is 1. The highest BCUT2D eigenvalue weighted by Crippen LogP contribution is 2.29. The second-order valence-corrected chi connectivity index (χ2v) is 5.13. The number of nitrogens with zero attached hydrogens (tertiary/aromatic N) is 3. The van der Waals surface area contributed by atoms with E-state index in [4.69, 9.17) is 26.5 Å². The molecule has 0 saturated carbocycles. The number of allylic oxidation sites excluding steroid dienone is 1. The molecule has 2 rings (SSSR count). The van der Waals surface area contributed by atoms with Crippen molar-refractivity contribution in [2.45, 2.75) is 13.8 Å². The molecule has 0 atom stereocenters. The van der Waals surface area contributed by atoms with Crippen molar-refractivity contribution in [1.29, 1.82) is 10.5 Å². The van der Waals surface area contributed by atoms with E-state index >= 15 is 0 Å². The summed E-state index contributed by atoms with van der Waals surface area (Å²) >= 11 is 6.27. The van der Waals surface area contributed by atoms with Crippen LogP contribution in [0.15, 0.2) is 33.0 Å². The standard InChI is InChI=1S/C17H14ClN3O2/c1-3-21(4-2)12-5-6-13-15(8-12)23-17(22)14(16(13)18)7-11(9-19)10-20/h5-8H,3-4H2,1-2H3. The Hall–Kier alpha value is -2.76. The topological polar surface area (TPSA) is 81.0 Å². The van der Waals surface area contributed by atoms with Gasteiger partial charge in [0.1, 0.15) is 23.3 Å². The SMILES string of the molecule is CCN(CC)c1ccc2c(Cl)c(C=C(C#N)C#N)c(=O)oc2c1. The van der Waals surface area contributed by atoms with Gasteiger partial charge in [0.25, 0.3) is 0 Å². The Balaban J connectivity index is 2.68. The zero-order valence-corrected chi connectivity index (χ0v) is 13.5. The van der Waals surface area contributed by atoms with Gasteiger partial charge in [-0.15, -0.1) is 0 Å². The molecule has 0 saturated heterocycles. The van der Waals surface area contributed by atoms with Gasteiger partial charge in [0, 0.05) is 30.2 Å². The summed E-state index contributed by atoms with van der Waals surface area (Å²) < 4.78 is 5.31. The lowest BCUT2D eigenvalue weighted by atomic mass is 10.1. The average molecular weight is 328 g/mol. The molecule has 5 nitrogen and oxygen atoms in total. The molecule has 0 aliphatic carbocycles. The summed E-state index contributed by atoms with van der Waals surface area (Å²) in [6.45, 7) is 5.73. The molecule has 0 fully saturated rings. The number of rotatable bonds is 4. The minimum Gasteiger partial charge on any atom is -0.422 e. The van der Waals surface area contributed by atoms with Crippen molar-refractivity contribution in [3.63, 3.8) is 0 Å². The molecule has 1 aromatic heterocycles. The first-order valence-corrected chi connectivity index (χ1v) is 7.46. The number of anilines is 1. The lowest BCUT2D eigenvalue weighted by Gasteiger charge is -2.21. The Bertz CT molecular complexity index is 896. The van der Waals surface area contributed by atoms with Crippen molar-refractivity contribution in [1.82, 2.24) is 0 Å². The number of hydrogen-bond donors (Lipinski definition) is 0. The van der Waals surface area contributed by atoms with E-state index in [0.717, 1.165) is 24.9 Å². The molecule has 1 aromatic carbocycles. The zero-order chi connectivity index (χ0) is 17.0. The molecular weight excluding hydrogens is 314 g/mol. The monoisotopic (exact) mass is 327 g/mol. The minimum absolute atomic E-state index is 0.00727. The predicted octanol–water partition coefficient (Wildman–Crippen LogP) is 3.72. The Morgan fingerprint density at radius 1 is 1.30 bits per heavy atom. The van der Waals surface area contributed by atoms with Gasteiger partial charge >= 0.3 is 5.63 Å². The van der Waals surface area contributed by atoms with Crippen LogP contribution < -0.4 is 10.5 Å². The van der Waals surface area contributed by atoms with E-state index in [9.17, 15) is 4.79 Å². The molecule has 0 aliphatic rings. The molecule has 0 bridgehead atoms. The van der Waals surface area contributed by atoms with Crippen LogP contribution in [-0.4, -0.2) is 13.1 Å². The van der Waals surface area contributed by atoms with Crippen LogP contribution in [0.3, 0.4) is 0 Å². The smallest absolute Gasteiger partial charge is 0.345 e. The van der Waals surface area contributed by atoms with Crippen LogP contribution in [0.25, 0.3) is 17.0 Å². The van der Waals surface area contributed by atoms with Crippen LogP contribution in [0.4, 0.5) is 5.69 Å². The predicted molar refractivity (Wildman–Crippen MR) is 90.3 cm³/mol. The lowest BCUT2D eigenvalue weighted by molar-refractivity contribution is 0.559. The highest BCUT2D eigenvalue weighted by molar-refractivity contribution is 6.36. The van der Waals surface area contributed by atoms with Crippen LogP contribution in [0.2, 0.25) is 5.02 Å². The Kier molecular flexibility index (Phi) is 5.05. The van der Waals surface area contributed by atoms with E-state index in [2.05, 4.69) is 4.90 Å². The fourth-order valence-electron chi connectivity index (χ4n) is 2.31. The van der Waals surface area contributed by atoms with Crippen molar-refractivity contribution < 1.29 is 4.42 Å². The Labute approximate surface area is 138 Å². The molecule has 0 aliphatic heterocycles. The molecule has 23 heavy (non-hydrogen) atoms. The number of hydrogen-bond acceptors (Lipinski definition) is 5. The maximum atomic E-state index is 12.1. The van der Waals surface area contributed by atoms with Gasteiger partial charge in [0.2, 0.25) is 0 Å². The third kappa shape index (κ3) is 3.21. The normalized spacial score (nSPS) is 9.96. The minimum atomic E-state index is -0.679. The first-order valence-electron chi connectivity index (χ1n) is 7.08. The number of benzene rings is 1. The van der Waals surface area contributed by atoms with Crippen LogP contribution in [0.1, 0.15) is 19.4 Å².